The van der Waals surface area contributed by atoms with Crippen molar-refractivity contribution >= 4 is 23.1 Å². The molecule has 0 spiro atoms. The van der Waals surface area contributed by atoms with Crippen LogP contribution in [0, 0.1) is 5.82 Å². The van der Waals surface area contributed by atoms with Gasteiger partial charge in [-0.25, -0.2) is 4.39 Å². The molecule has 1 aromatic carbocycles. The van der Waals surface area contributed by atoms with E-state index in [2.05, 4.69) is 5.32 Å². The van der Waals surface area contributed by atoms with Crippen LogP contribution in [0.3, 0.4) is 0 Å². The van der Waals surface area contributed by atoms with Gasteiger partial charge in [-0.05, 0) is 32.0 Å². The van der Waals surface area contributed by atoms with Crippen molar-refractivity contribution in [2.75, 3.05) is 0 Å². The zero-order valence-electron chi connectivity index (χ0n) is 9.08. The molecule has 0 unspecified atom stereocenters. The fourth-order valence-corrected chi connectivity index (χ4v) is 1.10. The van der Waals surface area contributed by atoms with Crippen LogP contribution in [0.4, 0.5) is 4.39 Å². The maximum atomic E-state index is 12.9. The van der Waals surface area contributed by atoms with Crippen molar-refractivity contribution in [1.29, 1.82) is 0 Å². The number of benzene rings is 1. The summed E-state index contributed by atoms with van der Waals surface area (Å²) in [5, 5.41) is 2.63. The van der Waals surface area contributed by atoms with Crippen LogP contribution >= 0.6 is 12.2 Å². The third-order valence-electron chi connectivity index (χ3n) is 2.13. The molecule has 0 saturated carbocycles. The third kappa shape index (κ3) is 3.00. The van der Waals surface area contributed by atoms with Crippen molar-refractivity contribution in [2.24, 2.45) is 5.73 Å². The first-order valence-corrected chi connectivity index (χ1v) is 5.12. The summed E-state index contributed by atoms with van der Waals surface area (Å²) in [5.74, 6) is -0.863. The van der Waals surface area contributed by atoms with Crippen molar-refractivity contribution in [1.82, 2.24) is 5.32 Å². The summed E-state index contributed by atoms with van der Waals surface area (Å²) < 4.78 is 12.9. The summed E-state index contributed by atoms with van der Waals surface area (Å²) in [6.45, 7) is 3.37. The first kappa shape index (κ1) is 12.6. The van der Waals surface area contributed by atoms with Crippen LogP contribution in [-0.2, 0) is 0 Å². The van der Waals surface area contributed by atoms with Crippen LogP contribution in [0.5, 0.6) is 0 Å². The molecule has 0 aliphatic carbocycles. The summed E-state index contributed by atoms with van der Waals surface area (Å²) in [6, 6.07) is 5.42. The first-order chi connectivity index (χ1) is 7.33. The van der Waals surface area contributed by atoms with E-state index in [0.29, 0.717) is 0 Å². The number of nitrogens with two attached hydrogens (primary N) is 1. The first-order valence-electron chi connectivity index (χ1n) is 4.71. The molecule has 1 rings (SSSR count). The van der Waals surface area contributed by atoms with Crippen molar-refractivity contribution in [3.63, 3.8) is 0 Å². The fraction of sp³-hybridized carbons (Fsp3) is 0.273. The van der Waals surface area contributed by atoms with Gasteiger partial charge in [-0.1, -0.05) is 18.3 Å². The maximum absolute atomic E-state index is 12.9. The van der Waals surface area contributed by atoms with E-state index in [1.807, 2.05) is 0 Å². The molecule has 0 aliphatic heterocycles. The normalized spacial score (nSPS) is 10.9. The monoisotopic (exact) mass is 240 g/mol. The highest BCUT2D eigenvalue weighted by atomic mass is 32.1. The van der Waals surface area contributed by atoms with E-state index in [0.717, 1.165) is 6.07 Å². The van der Waals surface area contributed by atoms with Gasteiger partial charge < -0.3 is 11.1 Å². The Balaban J connectivity index is 2.85. The van der Waals surface area contributed by atoms with E-state index in [4.69, 9.17) is 18.0 Å². The van der Waals surface area contributed by atoms with E-state index < -0.39 is 17.3 Å². The van der Waals surface area contributed by atoms with Crippen LogP contribution in [0.2, 0.25) is 0 Å². The molecular formula is C11H13FN2OS. The van der Waals surface area contributed by atoms with Gasteiger partial charge in [0.1, 0.15) is 5.82 Å². The predicted molar refractivity (Wildman–Crippen MR) is 64.7 cm³/mol. The quantitative estimate of drug-likeness (QED) is 0.789. The molecule has 0 heterocycles. The zero-order valence-corrected chi connectivity index (χ0v) is 9.90. The summed E-state index contributed by atoms with van der Waals surface area (Å²) in [6.07, 6.45) is 0. The molecule has 0 aliphatic rings. The second-order valence-corrected chi connectivity index (χ2v) is 4.39. The molecule has 0 aromatic heterocycles. The lowest BCUT2D eigenvalue weighted by molar-refractivity contribution is 0.0932. The lowest BCUT2D eigenvalue weighted by Gasteiger charge is -2.24. The van der Waals surface area contributed by atoms with Crippen molar-refractivity contribution in [2.45, 2.75) is 19.4 Å². The van der Waals surface area contributed by atoms with Gasteiger partial charge in [0.2, 0.25) is 0 Å². The molecule has 0 radical (unpaired) electrons. The number of amides is 1. The number of carbonyl (C=O) groups excluding carboxylic acids is 1. The Hall–Kier alpha value is -1.49. The summed E-state index contributed by atoms with van der Waals surface area (Å²) in [5.41, 5.74) is 4.92. The molecule has 0 saturated heterocycles. The highest BCUT2D eigenvalue weighted by molar-refractivity contribution is 7.80. The number of nitrogens with one attached hydrogen (secondary N) is 1. The molecule has 1 aromatic rings. The second-order valence-electron chi connectivity index (χ2n) is 3.95. The van der Waals surface area contributed by atoms with Crippen LogP contribution < -0.4 is 11.1 Å². The molecular weight excluding hydrogens is 227 g/mol. The van der Waals surface area contributed by atoms with E-state index >= 15 is 0 Å². The van der Waals surface area contributed by atoms with Gasteiger partial charge in [0.05, 0.1) is 10.5 Å². The smallest absolute Gasteiger partial charge is 0.252 e. The molecule has 0 atom stereocenters. The van der Waals surface area contributed by atoms with Crippen molar-refractivity contribution < 1.29 is 9.18 Å². The summed E-state index contributed by atoms with van der Waals surface area (Å²) in [4.78, 5) is 11.9. The van der Waals surface area contributed by atoms with Gasteiger partial charge in [0, 0.05) is 5.56 Å². The molecule has 3 N–H and O–H groups in total. The standard InChI is InChI=1S/C11H13FN2OS/c1-11(2,10(13)16)14-9(15)7-4-3-5-8(12)6-7/h3-6H,1-2H3,(H2,13,16)(H,14,15). The number of halogens is 1. The van der Waals surface area contributed by atoms with Crippen molar-refractivity contribution in [3.8, 4) is 0 Å². The minimum atomic E-state index is -0.793. The summed E-state index contributed by atoms with van der Waals surface area (Å²) >= 11 is 4.81. The van der Waals surface area contributed by atoms with Gasteiger partial charge >= 0.3 is 0 Å². The molecule has 1 amide bonds. The predicted octanol–water partition coefficient (Wildman–Crippen LogP) is 1.62. The summed E-state index contributed by atoms with van der Waals surface area (Å²) in [7, 11) is 0. The lowest BCUT2D eigenvalue weighted by atomic mass is 10.0. The average Bonchev–Trinajstić information content (AvgIpc) is 2.16. The van der Waals surface area contributed by atoms with Gasteiger partial charge in [-0.3, -0.25) is 4.79 Å². The van der Waals surface area contributed by atoms with Crippen LogP contribution in [0.1, 0.15) is 24.2 Å². The minimum absolute atomic E-state index is 0.178. The molecule has 3 nitrogen and oxygen atoms in total. The third-order valence-corrected chi connectivity index (χ3v) is 2.64. The molecule has 5 heteroatoms. The Labute approximate surface area is 98.8 Å². The molecule has 16 heavy (non-hydrogen) atoms. The number of rotatable bonds is 3. The van der Waals surface area contributed by atoms with Gasteiger partial charge in [-0.15, -0.1) is 0 Å². The Bertz CT molecular complexity index is 432. The SMILES string of the molecule is CC(C)(NC(=O)c1cccc(F)c1)C(N)=S. The van der Waals surface area contributed by atoms with Gasteiger partial charge in [-0.2, -0.15) is 0 Å². The topological polar surface area (TPSA) is 55.1 Å². The highest BCUT2D eigenvalue weighted by Gasteiger charge is 2.24. The fourth-order valence-electron chi connectivity index (χ4n) is 1.05. The number of carbonyl (C=O) groups is 1. The van der Waals surface area contributed by atoms with E-state index in [1.165, 1.54) is 18.2 Å². The minimum Gasteiger partial charge on any atom is -0.391 e. The van der Waals surface area contributed by atoms with E-state index in [9.17, 15) is 9.18 Å². The Kier molecular flexibility index (Phi) is 3.59. The largest absolute Gasteiger partial charge is 0.391 e. The highest BCUT2D eigenvalue weighted by Crippen LogP contribution is 2.07. The van der Waals surface area contributed by atoms with Crippen molar-refractivity contribution in [3.05, 3.63) is 35.6 Å². The molecule has 0 fully saturated rings. The van der Waals surface area contributed by atoms with Gasteiger partial charge in [0.25, 0.3) is 5.91 Å². The van der Waals surface area contributed by atoms with E-state index in [1.54, 1.807) is 13.8 Å². The lowest BCUT2D eigenvalue weighted by Crippen LogP contribution is -2.52. The van der Waals surface area contributed by atoms with Crippen LogP contribution in [0.15, 0.2) is 24.3 Å². The number of hydrogen-bond donors (Lipinski definition) is 2. The zero-order chi connectivity index (χ0) is 12.3. The molecule has 86 valence electrons. The number of thiocarbonyl (C=S) groups is 1. The second kappa shape index (κ2) is 4.57. The maximum Gasteiger partial charge on any atom is 0.252 e. The molecule has 0 bridgehead atoms. The average molecular weight is 240 g/mol. The Morgan fingerprint density at radius 3 is 2.62 bits per heavy atom. The van der Waals surface area contributed by atoms with E-state index in [-0.39, 0.29) is 10.6 Å². The Morgan fingerprint density at radius 2 is 2.12 bits per heavy atom. The number of hydrogen-bond acceptors (Lipinski definition) is 2. The Morgan fingerprint density at radius 1 is 1.50 bits per heavy atom. The van der Waals surface area contributed by atoms with Crippen LogP contribution in [-0.4, -0.2) is 16.4 Å². The van der Waals surface area contributed by atoms with Gasteiger partial charge in [0.15, 0.2) is 0 Å². The van der Waals surface area contributed by atoms with Crippen LogP contribution in [0.25, 0.3) is 0 Å².